The minimum atomic E-state index is 0.890. The van der Waals surface area contributed by atoms with E-state index in [1.54, 1.807) is 0 Å². The zero-order chi connectivity index (χ0) is 10.6. The molecule has 0 fully saturated rings. The molecule has 1 rings (SSSR count). The zero-order valence-electron chi connectivity index (χ0n) is 9.51. The van der Waals surface area contributed by atoms with Crippen LogP contribution in [0.2, 0.25) is 0 Å². The van der Waals surface area contributed by atoms with Gasteiger partial charge in [0.2, 0.25) is 0 Å². The third-order valence-corrected chi connectivity index (χ3v) is 1.64. The average Bonchev–Trinajstić information content (AvgIpc) is 2.29. The Morgan fingerprint density at radius 3 is 2.21 bits per heavy atom. The second kappa shape index (κ2) is 9.86. The molecule has 0 unspecified atom stereocenters. The van der Waals surface area contributed by atoms with Gasteiger partial charge in [-0.25, -0.2) is 0 Å². The van der Waals surface area contributed by atoms with Gasteiger partial charge >= 0.3 is 0 Å². The molecular formula is C14H20. The lowest BCUT2D eigenvalue weighted by molar-refractivity contribution is 0.981. The molecule has 0 spiro atoms. The Hall–Kier alpha value is -1.22. The standard InChI is InChI=1S/C12H14.C2H6/c1-2-3-4-6-9-12-10-7-5-8-11-12;1-2/h5,7-8,10-11H,2-3,9H2,1H3;1-2H3. The first-order valence-electron chi connectivity index (χ1n) is 5.43. The Bertz CT molecular complexity index is 261. The van der Waals surface area contributed by atoms with Crippen LogP contribution in [0.3, 0.4) is 0 Å². The highest BCUT2D eigenvalue weighted by molar-refractivity contribution is 5.20. The lowest BCUT2D eigenvalue weighted by atomic mass is 10.1. The molecule has 0 heterocycles. The maximum absolute atomic E-state index is 3.15. The van der Waals surface area contributed by atoms with Crippen LogP contribution in [0.1, 0.15) is 39.2 Å². The number of hydrogen-bond donors (Lipinski definition) is 0. The molecule has 0 saturated carbocycles. The van der Waals surface area contributed by atoms with E-state index in [4.69, 9.17) is 0 Å². The number of benzene rings is 1. The van der Waals surface area contributed by atoms with E-state index >= 15 is 0 Å². The van der Waals surface area contributed by atoms with Crippen LogP contribution in [-0.2, 0) is 6.42 Å². The van der Waals surface area contributed by atoms with Crippen molar-refractivity contribution in [2.45, 2.75) is 40.0 Å². The van der Waals surface area contributed by atoms with Crippen molar-refractivity contribution in [3.05, 3.63) is 35.9 Å². The van der Waals surface area contributed by atoms with Crippen molar-refractivity contribution < 1.29 is 0 Å². The summed E-state index contributed by atoms with van der Waals surface area (Å²) in [6, 6.07) is 10.4. The van der Waals surface area contributed by atoms with E-state index in [1.165, 1.54) is 5.56 Å². The van der Waals surface area contributed by atoms with E-state index in [1.807, 2.05) is 19.9 Å². The maximum Gasteiger partial charge on any atom is 0.0340 e. The van der Waals surface area contributed by atoms with Gasteiger partial charge < -0.3 is 0 Å². The third kappa shape index (κ3) is 6.31. The Morgan fingerprint density at radius 2 is 1.64 bits per heavy atom. The predicted molar refractivity (Wildman–Crippen MR) is 64.2 cm³/mol. The number of rotatable bonds is 2. The van der Waals surface area contributed by atoms with Crippen molar-refractivity contribution in [3.8, 4) is 11.8 Å². The lowest BCUT2D eigenvalue weighted by Crippen LogP contribution is -1.78. The molecule has 76 valence electrons. The van der Waals surface area contributed by atoms with E-state index in [0.717, 1.165) is 19.3 Å². The Labute approximate surface area is 88.4 Å². The van der Waals surface area contributed by atoms with Gasteiger partial charge in [0.25, 0.3) is 0 Å². The minimum absolute atomic E-state index is 0.890. The molecule has 1 aromatic rings. The Balaban J connectivity index is 0.000000791. The van der Waals surface area contributed by atoms with Gasteiger partial charge in [-0.05, 0) is 12.0 Å². The van der Waals surface area contributed by atoms with Gasteiger partial charge in [0.05, 0.1) is 0 Å². The van der Waals surface area contributed by atoms with Crippen molar-refractivity contribution >= 4 is 0 Å². The fourth-order valence-corrected chi connectivity index (χ4v) is 0.974. The van der Waals surface area contributed by atoms with Gasteiger partial charge in [-0.2, -0.15) is 0 Å². The molecule has 0 saturated heterocycles. The molecule has 0 bridgehead atoms. The summed E-state index contributed by atoms with van der Waals surface area (Å²) in [5.74, 6) is 6.29. The second-order valence-corrected chi connectivity index (χ2v) is 2.77. The highest BCUT2D eigenvalue weighted by Crippen LogP contribution is 1.97. The van der Waals surface area contributed by atoms with Gasteiger partial charge in [0.15, 0.2) is 0 Å². The van der Waals surface area contributed by atoms with Crippen LogP contribution in [0.5, 0.6) is 0 Å². The van der Waals surface area contributed by atoms with Crippen LogP contribution >= 0.6 is 0 Å². The Morgan fingerprint density at radius 1 is 1.00 bits per heavy atom. The first-order chi connectivity index (χ1) is 6.93. The van der Waals surface area contributed by atoms with Gasteiger partial charge in [0.1, 0.15) is 0 Å². The summed E-state index contributed by atoms with van der Waals surface area (Å²) in [4.78, 5) is 0. The van der Waals surface area contributed by atoms with E-state index in [-0.39, 0.29) is 0 Å². The van der Waals surface area contributed by atoms with Crippen LogP contribution in [0, 0.1) is 11.8 Å². The van der Waals surface area contributed by atoms with Crippen LogP contribution in [0.15, 0.2) is 30.3 Å². The fourth-order valence-electron chi connectivity index (χ4n) is 0.974. The molecule has 0 radical (unpaired) electrons. The summed E-state index contributed by atoms with van der Waals surface area (Å²) in [5.41, 5.74) is 1.31. The highest BCUT2D eigenvalue weighted by Gasteiger charge is 1.83. The summed E-state index contributed by atoms with van der Waals surface area (Å²) in [5, 5.41) is 0. The summed E-state index contributed by atoms with van der Waals surface area (Å²) in [6.45, 7) is 6.15. The third-order valence-electron chi connectivity index (χ3n) is 1.64. The summed E-state index contributed by atoms with van der Waals surface area (Å²) in [6.07, 6.45) is 3.06. The fraction of sp³-hybridized carbons (Fsp3) is 0.429. The maximum atomic E-state index is 3.15. The number of unbranched alkanes of at least 4 members (excludes halogenated alkanes) is 1. The quantitative estimate of drug-likeness (QED) is 0.614. The average molecular weight is 188 g/mol. The van der Waals surface area contributed by atoms with Crippen LogP contribution in [0.4, 0.5) is 0 Å². The van der Waals surface area contributed by atoms with E-state index in [2.05, 4.69) is 43.0 Å². The van der Waals surface area contributed by atoms with Crippen molar-refractivity contribution in [1.82, 2.24) is 0 Å². The molecule has 0 aliphatic rings. The van der Waals surface area contributed by atoms with Crippen molar-refractivity contribution in [3.63, 3.8) is 0 Å². The van der Waals surface area contributed by atoms with E-state index < -0.39 is 0 Å². The summed E-state index contributed by atoms with van der Waals surface area (Å²) < 4.78 is 0. The topological polar surface area (TPSA) is 0 Å². The summed E-state index contributed by atoms with van der Waals surface area (Å²) in [7, 11) is 0. The monoisotopic (exact) mass is 188 g/mol. The van der Waals surface area contributed by atoms with Gasteiger partial charge in [-0.3, -0.25) is 0 Å². The van der Waals surface area contributed by atoms with Crippen molar-refractivity contribution in [1.29, 1.82) is 0 Å². The largest absolute Gasteiger partial charge is 0.103 e. The van der Waals surface area contributed by atoms with Crippen molar-refractivity contribution in [2.75, 3.05) is 0 Å². The predicted octanol–water partition coefficient (Wildman–Crippen LogP) is 4.06. The SMILES string of the molecule is CC.CCCC#CCc1ccccc1. The zero-order valence-corrected chi connectivity index (χ0v) is 9.51. The first-order valence-corrected chi connectivity index (χ1v) is 5.43. The molecule has 1 aromatic carbocycles. The normalized spacial score (nSPS) is 7.93. The smallest absolute Gasteiger partial charge is 0.0340 e. The van der Waals surface area contributed by atoms with Gasteiger partial charge in [-0.1, -0.05) is 57.0 Å². The molecule has 0 atom stereocenters. The first kappa shape index (κ1) is 12.8. The molecular weight excluding hydrogens is 168 g/mol. The summed E-state index contributed by atoms with van der Waals surface area (Å²) >= 11 is 0. The van der Waals surface area contributed by atoms with Gasteiger partial charge in [0, 0.05) is 12.8 Å². The van der Waals surface area contributed by atoms with Crippen LogP contribution in [-0.4, -0.2) is 0 Å². The number of hydrogen-bond acceptors (Lipinski definition) is 0. The van der Waals surface area contributed by atoms with Crippen molar-refractivity contribution in [2.24, 2.45) is 0 Å². The highest BCUT2D eigenvalue weighted by atomic mass is 13.9. The molecule has 0 heteroatoms. The second-order valence-electron chi connectivity index (χ2n) is 2.77. The molecule has 0 aliphatic heterocycles. The molecule has 14 heavy (non-hydrogen) atoms. The molecule has 0 nitrogen and oxygen atoms in total. The van der Waals surface area contributed by atoms with Crippen LogP contribution < -0.4 is 0 Å². The van der Waals surface area contributed by atoms with Gasteiger partial charge in [-0.15, -0.1) is 5.92 Å². The van der Waals surface area contributed by atoms with E-state index in [9.17, 15) is 0 Å². The van der Waals surface area contributed by atoms with E-state index in [0.29, 0.717) is 0 Å². The lowest BCUT2D eigenvalue weighted by Gasteiger charge is -1.90. The Kier molecular flexibility index (Phi) is 9.01. The molecule has 0 aliphatic carbocycles. The minimum Gasteiger partial charge on any atom is -0.103 e. The molecule has 0 amide bonds. The molecule has 0 N–H and O–H groups in total. The molecule has 0 aromatic heterocycles. The van der Waals surface area contributed by atoms with Crippen LogP contribution in [0.25, 0.3) is 0 Å².